The van der Waals surface area contributed by atoms with Crippen molar-refractivity contribution in [3.63, 3.8) is 0 Å². The number of furan rings is 1. The standard InChI is InChI=1S/C31H29N3O/c1-19(2)23-9-8-10-24-25-17-20(18-32-30(25)35-28(23)24)29-33-26-11-6-7-12-27(26)34(29)22-15-13-21(14-16-22)31(3,4)5/h6-19H,1-5H3. The van der Waals surface area contributed by atoms with Gasteiger partial charge in [0.05, 0.1) is 11.0 Å². The molecular formula is C31H29N3O. The Morgan fingerprint density at radius 3 is 2.37 bits per heavy atom. The van der Waals surface area contributed by atoms with Gasteiger partial charge < -0.3 is 4.42 Å². The monoisotopic (exact) mass is 459 g/mol. The second-order valence-corrected chi connectivity index (χ2v) is 10.6. The zero-order chi connectivity index (χ0) is 24.3. The Labute approximate surface area is 205 Å². The molecule has 0 saturated heterocycles. The molecule has 0 bridgehead atoms. The van der Waals surface area contributed by atoms with E-state index in [0.717, 1.165) is 44.5 Å². The lowest BCUT2D eigenvalue weighted by atomic mass is 9.87. The summed E-state index contributed by atoms with van der Waals surface area (Å²) in [6.45, 7) is 11.1. The lowest BCUT2D eigenvalue weighted by Gasteiger charge is -2.19. The molecule has 0 aliphatic rings. The maximum Gasteiger partial charge on any atom is 0.227 e. The Bertz CT molecular complexity index is 1700. The minimum atomic E-state index is 0.102. The first-order valence-electron chi connectivity index (χ1n) is 12.2. The fourth-order valence-corrected chi connectivity index (χ4v) is 4.87. The van der Waals surface area contributed by atoms with Crippen molar-refractivity contribution in [2.75, 3.05) is 0 Å². The third-order valence-corrected chi connectivity index (χ3v) is 6.82. The smallest absolute Gasteiger partial charge is 0.227 e. The molecule has 3 aromatic heterocycles. The number of pyridine rings is 1. The van der Waals surface area contributed by atoms with Gasteiger partial charge in [-0.2, -0.15) is 0 Å². The summed E-state index contributed by atoms with van der Waals surface area (Å²) in [7, 11) is 0. The molecule has 0 fully saturated rings. The van der Waals surface area contributed by atoms with E-state index in [1.807, 2.05) is 12.3 Å². The minimum absolute atomic E-state index is 0.102. The van der Waals surface area contributed by atoms with Crippen molar-refractivity contribution in [2.45, 2.75) is 46.0 Å². The molecule has 0 spiro atoms. The van der Waals surface area contributed by atoms with Crippen LogP contribution in [0.5, 0.6) is 0 Å². The molecule has 0 amide bonds. The van der Waals surface area contributed by atoms with E-state index in [9.17, 15) is 0 Å². The number of aromatic nitrogens is 3. The Balaban J connectivity index is 1.58. The van der Waals surface area contributed by atoms with Crippen molar-refractivity contribution < 1.29 is 4.42 Å². The Kier molecular flexibility index (Phi) is 4.82. The van der Waals surface area contributed by atoms with E-state index in [2.05, 4.69) is 106 Å². The van der Waals surface area contributed by atoms with Gasteiger partial charge in [-0.1, -0.05) is 77.1 Å². The number of hydrogen-bond donors (Lipinski definition) is 0. The van der Waals surface area contributed by atoms with Crippen molar-refractivity contribution in [1.29, 1.82) is 0 Å². The molecule has 0 aliphatic carbocycles. The Morgan fingerprint density at radius 2 is 1.63 bits per heavy atom. The van der Waals surface area contributed by atoms with Crippen molar-refractivity contribution in [1.82, 2.24) is 14.5 Å². The number of hydrogen-bond acceptors (Lipinski definition) is 3. The van der Waals surface area contributed by atoms with Gasteiger partial charge in [0.1, 0.15) is 11.4 Å². The van der Waals surface area contributed by atoms with Gasteiger partial charge in [-0.15, -0.1) is 0 Å². The molecular weight excluding hydrogens is 430 g/mol. The van der Waals surface area contributed by atoms with E-state index >= 15 is 0 Å². The Hall–Kier alpha value is -3.92. The maximum absolute atomic E-state index is 6.22. The highest BCUT2D eigenvalue weighted by Gasteiger charge is 2.19. The summed E-state index contributed by atoms with van der Waals surface area (Å²) in [5.41, 5.74) is 8.28. The van der Waals surface area contributed by atoms with E-state index in [1.54, 1.807) is 0 Å². The van der Waals surface area contributed by atoms with Gasteiger partial charge in [-0.05, 0) is 52.8 Å². The highest BCUT2D eigenvalue weighted by molar-refractivity contribution is 6.06. The topological polar surface area (TPSA) is 43.9 Å². The van der Waals surface area contributed by atoms with Gasteiger partial charge in [-0.25, -0.2) is 9.97 Å². The summed E-state index contributed by atoms with van der Waals surface area (Å²) in [6.07, 6.45) is 1.88. The molecule has 4 nitrogen and oxygen atoms in total. The van der Waals surface area contributed by atoms with Gasteiger partial charge in [0.25, 0.3) is 0 Å². The maximum atomic E-state index is 6.22. The van der Waals surface area contributed by atoms with Crippen LogP contribution in [-0.2, 0) is 5.41 Å². The first kappa shape index (κ1) is 21.6. The average molecular weight is 460 g/mol. The first-order valence-corrected chi connectivity index (χ1v) is 12.2. The fraction of sp³-hybridized carbons (Fsp3) is 0.226. The highest BCUT2D eigenvalue weighted by Crippen LogP contribution is 2.36. The summed E-state index contributed by atoms with van der Waals surface area (Å²) in [4.78, 5) is 9.77. The van der Waals surface area contributed by atoms with Crippen LogP contribution in [0.1, 0.15) is 51.7 Å². The van der Waals surface area contributed by atoms with Crippen LogP contribution in [0.15, 0.2) is 83.4 Å². The molecule has 3 aromatic carbocycles. The Morgan fingerprint density at radius 1 is 0.857 bits per heavy atom. The molecule has 0 unspecified atom stereocenters. The molecule has 0 radical (unpaired) electrons. The van der Waals surface area contributed by atoms with Crippen LogP contribution in [0.4, 0.5) is 0 Å². The summed E-state index contributed by atoms with van der Waals surface area (Å²) in [6, 6.07) is 25.6. The molecule has 35 heavy (non-hydrogen) atoms. The summed E-state index contributed by atoms with van der Waals surface area (Å²) in [5.74, 6) is 1.25. The summed E-state index contributed by atoms with van der Waals surface area (Å²) >= 11 is 0. The van der Waals surface area contributed by atoms with Crippen LogP contribution in [0, 0.1) is 0 Å². The van der Waals surface area contributed by atoms with Crippen molar-refractivity contribution >= 4 is 33.1 Å². The predicted molar refractivity (Wildman–Crippen MR) is 144 cm³/mol. The molecule has 6 aromatic rings. The lowest BCUT2D eigenvalue weighted by Crippen LogP contribution is -2.11. The molecule has 4 heteroatoms. The van der Waals surface area contributed by atoms with Gasteiger partial charge in [-0.3, -0.25) is 4.57 Å². The third kappa shape index (κ3) is 3.52. The van der Waals surface area contributed by atoms with Crippen LogP contribution in [0.3, 0.4) is 0 Å². The van der Waals surface area contributed by atoms with E-state index in [4.69, 9.17) is 14.4 Å². The summed E-state index contributed by atoms with van der Waals surface area (Å²) in [5, 5.41) is 2.11. The molecule has 0 N–H and O–H groups in total. The third-order valence-electron chi connectivity index (χ3n) is 6.82. The SMILES string of the molecule is CC(C)c1cccc2c1oc1ncc(-c3nc4ccccc4n3-c3ccc(C(C)(C)C)cc3)cc12. The zero-order valence-electron chi connectivity index (χ0n) is 20.8. The lowest BCUT2D eigenvalue weighted by molar-refractivity contribution is 0.590. The van der Waals surface area contributed by atoms with Gasteiger partial charge >= 0.3 is 0 Å². The molecule has 0 atom stereocenters. The molecule has 174 valence electrons. The van der Waals surface area contributed by atoms with Crippen molar-refractivity contribution in [3.8, 4) is 17.1 Å². The highest BCUT2D eigenvalue weighted by atomic mass is 16.3. The number of rotatable bonds is 3. The number of para-hydroxylation sites is 3. The van der Waals surface area contributed by atoms with Crippen LogP contribution in [-0.4, -0.2) is 14.5 Å². The number of benzene rings is 3. The second kappa shape index (κ2) is 7.81. The minimum Gasteiger partial charge on any atom is -0.437 e. The van der Waals surface area contributed by atoms with E-state index < -0.39 is 0 Å². The first-order chi connectivity index (χ1) is 16.8. The molecule has 0 saturated carbocycles. The predicted octanol–water partition coefficient (Wildman–Crippen LogP) is 8.41. The molecule has 3 heterocycles. The largest absolute Gasteiger partial charge is 0.437 e. The van der Waals surface area contributed by atoms with Crippen LogP contribution >= 0.6 is 0 Å². The number of imidazole rings is 1. The van der Waals surface area contributed by atoms with Crippen molar-refractivity contribution in [2.24, 2.45) is 0 Å². The summed E-state index contributed by atoms with van der Waals surface area (Å²) < 4.78 is 8.44. The van der Waals surface area contributed by atoms with Gasteiger partial charge in [0.15, 0.2) is 0 Å². The fourth-order valence-electron chi connectivity index (χ4n) is 4.87. The van der Waals surface area contributed by atoms with Crippen molar-refractivity contribution in [3.05, 3.63) is 90.1 Å². The van der Waals surface area contributed by atoms with E-state index in [-0.39, 0.29) is 5.41 Å². The zero-order valence-corrected chi connectivity index (χ0v) is 20.8. The number of nitrogens with zero attached hydrogens (tertiary/aromatic N) is 3. The van der Waals surface area contributed by atoms with Gasteiger partial charge in [0.2, 0.25) is 5.71 Å². The van der Waals surface area contributed by atoms with Crippen LogP contribution in [0.25, 0.3) is 50.2 Å². The van der Waals surface area contributed by atoms with E-state index in [1.165, 1.54) is 11.1 Å². The molecule has 6 rings (SSSR count). The number of fused-ring (bicyclic) bond motifs is 4. The second-order valence-electron chi connectivity index (χ2n) is 10.6. The molecule has 0 aliphatic heterocycles. The quantitative estimate of drug-likeness (QED) is 0.267. The normalized spacial score (nSPS) is 12.4. The van der Waals surface area contributed by atoms with Crippen LogP contribution in [0.2, 0.25) is 0 Å². The van der Waals surface area contributed by atoms with E-state index in [0.29, 0.717) is 11.6 Å². The van der Waals surface area contributed by atoms with Crippen LogP contribution < -0.4 is 0 Å². The van der Waals surface area contributed by atoms with Gasteiger partial charge in [0, 0.05) is 28.2 Å². The average Bonchev–Trinajstić information content (AvgIpc) is 3.41.